The van der Waals surface area contributed by atoms with Gasteiger partial charge in [0.25, 0.3) is 0 Å². The number of unbranched alkanes of at least 4 members (excludes halogenated alkanes) is 1. The number of hydrogen-bond acceptors (Lipinski definition) is 4. The third kappa shape index (κ3) is 6.36. The highest BCUT2D eigenvalue weighted by Crippen LogP contribution is 2.47. The summed E-state index contributed by atoms with van der Waals surface area (Å²) in [7, 11) is 1.36. The van der Waals surface area contributed by atoms with E-state index >= 15 is 4.39 Å². The molecular weight excluding hydrogens is 481 g/mol. The van der Waals surface area contributed by atoms with Gasteiger partial charge in [-0.2, -0.15) is 0 Å². The van der Waals surface area contributed by atoms with Crippen LogP contribution in [0.5, 0.6) is 0 Å². The van der Waals surface area contributed by atoms with E-state index in [0.29, 0.717) is 25.7 Å². The van der Waals surface area contributed by atoms with Crippen molar-refractivity contribution >= 4 is 28.6 Å². The number of ether oxygens (including phenoxy) is 2. The topological polar surface area (TPSA) is 55.8 Å². The number of allylic oxidation sites excluding steroid dienone is 1. The molecule has 0 aromatic heterocycles. The van der Waals surface area contributed by atoms with Crippen molar-refractivity contribution < 1.29 is 28.2 Å². The third-order valence-corrected chi connectivity index (χ3v) is 7.26. The lowest BCUT2D eigenvalue weighted by atomic mass is 9.88. The SMILES string of the molecule is CCCC[C@@H](F)[C@H](O)/C=C/[C@H]1CC[C@@H]2OC(C(I)CCCC(=O)OC)C(F)[C@@H]21. The van der Waals surface area contributed by atoms with E-state index in [1.54, 1.807) is 6.08 Å². The molecule has 0 aromatic carbocycles. The summed E-state index contributed by atoms with van der Waals surface area (Å²) in [4.78, 5) is 11.2. The monoisotopic (exact) mass is 514 g/mol. The molecule has 2 rings (SSSR count). The molecule has 1 N–H and O–H groups in total. The first-order valence-corrected chi connectivity index (χ1v) is 11.6. The molecule has 7 heteroatoms. The van der Waals surface area contributed by atoms with Crippen molar-refractivity contribution in [3.63, 3.8) is 0 Å². The minimum absolute atomic E-state index is 0.0117. The highest BCUT2D eigenvalue weighted by molar-refractivity contribution is 14.1. The number of aliphatic hydroxyl groups is 1. The van der Waals surface area contributed by atoms with Crippen LogP contribution in [0.2, 0.25) is 0 Å². The van der Waals surface area contributed by atoms with E-state index in [1.807, 2.05) is 6.92 Å². The molecule has 1 saturated carbocycles. The number of aliphatic hydroxyl groups excluding tert-OH is 1. The number of esters is 1. The van der Waals surface area contributed by atoms with E-state index in [9.17, 15) is 14.3 Å². The second-order valence-corrected chi connectivity index (χ2v) is 9.52. The standard InChI is InChI=1S/C21H33F2IO4/c1-3-4-6-14(22)16(25)11-9-13-10-12-17-19(13)20(23)21(28-17)15(24)7-5-8-18(26)27-2/h9,11,13-17,19-21,25H,3-8,10,12H2,1-2H3/b11-9+/t13-,14+,15?,16+,17-,19+,20?,21?/m0/s1. The number of carbonyl (C=O) groups excluding carboxylic acids is 1. The Morgan fingerprint density at radius 2 is 2.11 bits per heavy atom. The van der Waals surface area contributed by atoms with Crippen molar-refractivity contribution in [1.29, 1.82) is 0 Å². The minimum Gasteiger partial charge on any atom is -0.469 e. The summed E-state index contributed by atoms with van der Waals surface area (Å²) in [5.41, 5.74) is 0. The predicted octanol–water partition coefficient (Wildman–Crippen LogP) is 4.71. The fourth-order valence-electron chi connectivity index (χ4n) is 4.28. The Labute approximate surface area is 180 Å². The first kappa shape index (κ1) is 24.0. The zero-order valence-electron chi connectivity index (χ0n) is 16.7. The molecule has 1 aliphatic heterocycles. The molecule has 2 aliphatic rings. The van der Waals surface area contributed by atoms with Crippen molar-refractivity contribution in [1.82, 2.24) is 0 Å². The smallest absolute Gasteiger partial charge is 0.305 e. The van der Waals surface area contributed by atoms with Crippen molar-refractivity contribution in [2.45, 2.75) is 92.9 Å². The molecule has 1 saturated heterocycles. The number of carbonyl (C=O) groups is 1. The Hall–Kier alpha value is -0.280. The summed E-state index contributed by atoms with van der Waals surface area (Å²) in [6.07, 6.45) is 4.46. The van der Waals surface area contributed by atoms with E-state index in [0.717, 1.165) is 25.7 Å². The highest BCUT2D eigenvalue weighted by atomic mass is 127. The Balaban J connectivity index is 1.86. The van der Waals surface area contributed by atoms with Gasteiger partial charge in [0.2, 0.25) is 0 Å². The molecule has 162 valence electrons. The molecule has 1 heterocycles. The molecule has 8 atom stereocenters. The van der Waals surface area contributed by atoms with Gasteiger partial charge in [0, 0.05) is 16.3 Å². The predicted molar refractivity (Wildman–Crippen MR) is 113 cm³/mol. The summed E-state index contributed by atoms with van der Waals surface area (Å²) in [6, 6.07) is 0. The molecule has 0 bridgehead atoms. The van der Waals surface area contributed by atoms with E-state index < -0.39 is 24.6 Å². The lowest BCUT2D eigenvalue weighted by molar-refractivity contribution is -0.140. The molecule has 2 fully saturated rings. The molecule has 3 unspecified atom stereocenters. The Bertz CT molecular complexity index is 519. The zero-order valence-corrected chi connectivity index (χ0v) is 18.9. The Morgan fingerprint density at radius 3 is 2.79 bits per heavy atom. The van der Waals surface area contributed by atoms with Crippen LogP contribution in [-0.2, 0) is 14.3 Å². The lowest BCUT2D eigenvalue weighted by Gasteiger charge is -2.23. The van der Waals surface area contributed by atoms with Gasteiger partial charge in [-0.05, 0) is 38.0 Å². The minimum atomic E-state index is -1.27. The number of fused-ring (bicyclic) bond motifs is 1. The maximum atomic E-state index is 15.2. The van der Waals surface area contributed by atoms with E-state index in [2.05, 4.69) is 27.3 Å². The molecular formula is C21H33F2IO4. The average Bonchev–Trinajstić information content (AvgIpc) is 3.24. The maximum Gasteiger partial charge on any atom is 0.305 e. The van der Waals surface area contributed by atoms with Gasteiger partial charge in [-0.15, -0.1) is 0 Å². The quantitative estimate of drug-likeness (QED) is 0.188. The van der Waals surface area contributed by atoms with Gasteiger partial charge in [-0.1, -0.05) is 54.5 Å². The molecule has 0 aromatic rings. The van der Waals surface area contributed by atoms with Crippen molar-refractivity contribution in [2.75, 3.05) is 7.11 Å². The van der Waals surface area contributed by atoms with Crippen LogP contribution in [0.3, 0.4) is 0 Å². The second kappa shape index (κ2) is 11.8. The third-order valence-electron chi connectivity index (χ3n) is 5.93. The maximum absolute atomic E-state index is 15.2. The fourth-order valence-corrected chi connectivity index (χ4v) is 5.28. The Morgan fingerprint density at radius 1 is 1.36 bits per heavy atom. The van der Waals surface area contributed by atoms with E-state index in [-0.39, 0.29) is 27.8 Å². The second-order valence-electron chi connectivity index (χ2n) is 7.92. The fraction of sp³-hybridized carbons (Fsp3) is 0.857. The first-order valence-electron chi connectivity index (χ1n) is 10.4. The number of alkyl halides is 3. The van der Waals surface area contributed by atoms with Crippen LogP contribution < -0.4 is 0 Å². The van der Waals surface area contributed by atoms with Gasteiger partial charge >= 0.3 is 5.97 Å². The highest BCUT2D eigenvalue weighted by Gasteiger charge is 2.52. The molecule has 28 heavy (non-hydrogen) atoms. The largest absolute Gasteiger partial charge is 0.469 e. The van der Waals surface area contributed by atoms with Crippen molar-refractivity contribution in [3.8, 4) is 0 Å². The molecule has 1 aliphatic carbocycles. The van der Waals surface area contributed by atoms with E-state index in [4.69, 9.17) is 4.74 Å². The van der Waals surface area contributed by atoms with Gasteiger partial charge in [0.05, 0.1) is 13.2 Å². The number of hydrogen-bond donors (Lipinski definition) is 1. The average molecular weight is 514 g/mol. The number of methoxy groups -OCH3 is 1. The number of rotatable bonds is 11. The summed E-state index contributed by atoms with van der Waals surface area (Å²) in [5, 5.41) is 9.99. The molecule has 4 nitrogen and oxygen atoms in total. The van der Waals surface area contributed by atoms with Crippen LogP contribution in [0.15, 0.2) is 12.2 Å². The molecule has 0 amide bonds. The van der Waals surface area contributed by atoms with Crippen LogP contribution in [-0.4, -0.2) is 52.8 Å². The van der Waals surface area contributed by atoms with Crippen LogP contribution in [0.1, 0.15) is 58.3 Å². The first-order chi connectivity index (χ1) is 13.4. The summed E-state index contributed by atoms with van der Waals surface area (Å²) >= 11 is 2.21. The zero-order chi connectivity index (χ0) is 20.7. The van der Waals surface area contributed by atoms with Crippen LogP contribution in [0.25, 0.3) is 0 Å². The lowest BCUT2D eigenvalue weighted by Crippen LogP contribution is -2.32. The van der Waals surface area contributed by atoms with Crippen molar-refractivity contribution in [3.05, 3.63) is 12.2 Å². The van der Waals surface area contributed by atoms with Gasteiger partial charge in [-0.25, -0.2) is 8.78 Å². The Kier molecular flexibility index (Phi) is 10.1. The van der Waals surface area contributed by atoms with E-state index in [1.165, 1.54) is 13.2 Å². The normalized spacial score (nSPS) is 33.0. The van der Waals surface area contributed by atoms with Gasteiger partial charge in [0.1, 0.15) is 24.6 Å². The van der Waals surface area contributed by atoms with Gasteiger partial charge < -0.3 is 14.6 Å². The molecule has 0 radical (unpaired) electrons. The molecule has 0 spiro atoms. The van der Waals surface area contributed by atoms with Crippen LogP contribution in [0, 0.1) is 11.8 Å². The number of halogens is 3. The van der Waals surface area contributed by atoms with Crippen LogP contribution >= 0.6 is 22.6 Å². The van der Waals surface area contributed by atoms with Crippen LogP contribution in [0.4, 0.5) is 8.78 Å². The van der Waals surface area contributed by atoms with Gasteiger partial charge in [0.15, 0.2) is 0 Å². The van der Waals surface area contributed by atoms with Gasteiger partial charge in [-0.3, -0.25) is 4.79 Å². The van der Waals surface area contributed by atoms with Crippen molar-refractivity contribution in [2.24, 2.45) is 11.8 Å². The summed E-state index contributed by atoms with van der Waals surface area (Å²) in [5.74, 6) is -0.518. The summed E-state index contributed by atoms with van der Waals surface area (Å²) in [6.45, 7) is 1.99. The summed E-state index contributed by atoms with van der Waals surface area (Å²) < 4.78 is 39.7.